The normalized spacial score (nSPS) is 15.0. The Morgan fingerprint density at radius 3 is 2.66 bits per heavy atom. The maximum atomic E-state index is 14.1. The molecule has 41 heavy (non-hydrogen) atoms. The van der Waals surface area contributed by atoms with Crippen molar-refractivity contribution in [1.29, 1.82) is 0 Å². The largest absolute Gasteiger partial charge is 0.473 e. The highest BCUT2D eigenvalue weighted by molar-refractivity contribution is 6.62. The van der Waals surface area contributed by atoms with E-state index in [1.165, 1.54) is 6.07 Å². The number of halogens is 2. The van der Waals surface area contributed by atoms with Crippen molar-refractivity contribution in [1.82, 2.24) is 9.88 Å². The fourth-order valence-corrected chi connectivity index (χ4v) is 5.47. The van der Waals surface area contributed by atoms with E-state index < -0.39 is 11.5 Å². The van der Waals surface area contributed by atoms with Crippen molar-refractivity contribution in [2.45, 2.75) is 45.3 Å². The van der Waals surface area contributed by atoms with Gasteiger partial charge in [0.1, 0.15) is 18.1 Å². The lowest BCUT2D eigenvalue weighted by atomic mass is 9.92. The Balaban J connectivity index is 1.38. The molecule has 0 unspecified atom stereocenters. The zero-order valence-electron chi connectivity index (χ0n) is 23.9. The van der Waals surface area contributed by atoms with Crippen molar-refractivity contribution >= 4 is 30.8 Å². The Morgan fingerprint density at radius 1 is 1.22 bits per heavy atom. The average Bonchev–Trinajstić information content (AvgIpc) is 2.94. The van der Waals surface area contributed by atoms with Crippen molar-refractivity contribution in [2.75, 3.05) is 38.3 Å². The third-order valence-corrected chi connectivity index (χ3v) is 7.73. The highest BCUT2D eigenvalue weighted by atomic mass is 35.5. The maximum Gasteiger partial charge on any atom is 0.213 e. The van der Waals surface area contributed by atoms with E-state index in [0.29, 0.717) is 41.1 Å². The van der Waals surface area contributed by atoms with Crippen LogP contribution in [-0.2, 0) is 11.3 Å². The number of methoxy groups -OCH3 is 1. The van der Waals surface area contributed by atoms with Gasteiger partial charge in [0.15, 0.2) is 7.85 Å². The number of aryl methyl sites for hydroxylation is 1. The maximum absolute atomic E-state index is 14.1. The molecule has 1 aliphatic rings. The molecule has 0 saturated carbocycles. The lowest BCUT2D eigenvalue weighted by molar-refractivity contribution is 0.108. The van der Waals surface area contributed by atoms with Crippen LogP contribution < -0.4 is 9.64 Å². The summed E-state index contributed by atoms with van der Waals surface area (Å²) >= 11 is 5.85. The number of piperidine rings is 1. The topological polar surface area (TPSA) is 54.9 Å². The standard InChI is InChI=1S/C32H36BClFN3O3/c1-21-8-9-25(32(33)39)16-30(21)38(23(3)19-40-4)22(2)18-37-14-12-24(13-15-37)29-6-5-7-31(36-29)41-20-26-10-11-27(34)17-28(26)35/h5-11,16-17,23-24H,2,12-15,18-20H2,1,3-4H3/t23-/m0/s1. The summed E-state index contributed by atoms with van der Waals surface area (Å²) in [4.78, 5) is 21.1. The zero-order valence-corrected chi connectivity index (χ0v) is 24.7. The summed E-state index contributed by atoms with van der Waals surface area (Å²) in [6.45, 7) is 11.6. The molecule has 1 atom stereocenters. The molecule has 1 fully saturated rings. The fourth-order valence-electron chi connectivity index (χ4n) is 5.31. The number of aromatic nitrogens is 1. The predicted molar refractivity (Wildman–Crippen MR) is 163 cm³/mol. The molecule has 1 aromatic heterocycles. The molecule has 0 N–H and O–H groups in total. The molecule has 0 amide bonds. The van der Waals surface area contributed by atoms with E-state index >= 15 is 0 Å². The van der Waals surface area contributed by atoms with E-state index in [2.05, 4.69) is 23.3 Å². The predicted octanol–water partition coefficient (Wildman–Crippen LogP) is 6.30. The monoisotopic (exact) mass is 575 g/mol. The molecule has 214 valence electrons. The molecule has 1 aliphatic heterocycles. The lowest BCUT2D eigenvalue weighted by Gasteiger charge is -2.38. The summed E-state index contributed by atoms with van der Waals surface area (Å²) in [7, 11) is 7.25. The molecule has 3 aromatic rings. The van der Waals surface area contributed by atoms with Gasteiger partial charge in [-0.15, -0.1) is 0 Å². The van der Waals surface area contributed by atoms with E-state index in [-0.39, 0.29) is 12.6 Å². The summed E-state index contributed by atoms with van der Waals surface area (Å²) < 4.78 is 25.4. The molecule has 0 spiro atoms. The van der Waals surface area contributed by atoms with Gasteiger partial charge < -0.3 is 19.2 Å². The second-order valence-corrected chi connectivity index (χ2v) is 11.0. The minimum Gasteiger partial charge on any atom is -0.473 e. The first-order valence-electron chi connectivity index (χ1n) is 13.8. The zero-order chi connectivity index (χ0) is 29.5. The molecule has 9 heteroatoms. The first-order chi connectivity index (χ1) is 19.7. The summed E-state index contributed by atoms with van der Waals surface area (Å²) in [5.74, 6) is 0.380. The van der Waals surface area contributed by atoms with Gasteiger partial charge in [-0.1, -0.05) is 42.4 Å². The number of anilines is 1. The lowest BCUT2D eigenvalue weighted by Crippen LogP contribution is -2.42. The Bertz CT molecular complexity index is 1380. The van der Waals surface area contributed by atoms with Crippen LogP contribution in [0.1, 0.15) is 52.9 Å². The molecule has 6 nitrogen and oxygen atoms in total. The molecular weight excluding hydrogens is 540 g/mol. The van der Waals surface area contributed by atoms with Crippen LogP contribution in [-0.4, -0.2) is 62.8 Å². The molecule has 2 heterocycles. The van der Waals surface area contributed by atoms with Crippen LogP contribution in [0.4, 0.5) is 10.1 Å². The van der Waals surface area contributed by atoms with E-state index in [1.807, 2.05) is 31.2 Å². The quantitative estimate of drug-likeness (QED) is 0.236. The minimum atomic E-state index is -0.460. The highest BCUT2D eigenvalue weighted by Crippen LogP contribution is 2.31. The number of carbonyl (C=O) groups is 1. The van der Waals surface area contributed by atoms with Crippen molar-refractivity contribution in [3.05, 3.63) is 100 Å². The second kappa shape index (κ2) is 14.1. The number of benzene rings is 2. The number of hydrogen-bond acceptors (Lipinski definition) is 6. The summed E-state index contributed by atoms with van der Waals surface area (Å²) in [6.07, 6.45) is 1.89. The van der Waals surface area contributed by atoms with E-state index in [9.17, 15) is 9.18 Å². The number of hydrogen-bond donors (Lipinski definition) is 0. The number of ether oxygens (including phenoxy) is 2. The van der Waals surface area contributed by atoms with Crippen LogP contribution >= 0.6 is 11.6 Å². The van der Waals surface area contributed by atoms with E-state index in [1.54, 1.807) is 31.4 Å². The van der Waals surface area contributed by atoms with E-state index in [0.717, 1.165) is 48.6 Å². The SMILES string of the molecule is [B]C(=O)c1ccc(C)c(N(C(=C)CN2CCC(c3cccc(OCc4ccc(Cl)cc4F)n3)CC2)[C@@H](C)COC)c1. The number of likely N-dealkylation sites (tertiary alicyclic amines) is 1. The second-order valence-electron chi connectivity index (χ2n) is 10.6. The molecule has 4 rings (SSSR count). The van der Waals surface area contributed by atoms with Crippen LogP contribution in [0.2, 0.25) is 5.02 Å². The van der Waals surface area contributed by atoms with E-state index in [4.69, 9.17) is 33.9 Å². The first-order valence-corrected chi connectivity index (χ1v) is 14.2. The third-order valence-electron chi connectivity index (χ3n) is 7.49. The summed E-state index contributed by atoms with van der Waals surface area (Å²) in [5, 5.41) is 0.353. The third kappa shape index (κ3) is 7.97. The summed E-state index contributed by atoms with van der Waals surface area (Å²) in [6, 6.07) is 15.8. The Labute approximate surface area is 248 Å². The molecule has 2 aromatic carbocycles. The van der Waals surface area contributed by atoms with Crippen molar-refractivity contribution in [2.24, 2.45) is 0 Å². The van der Waals surface area contributed by atoms with Crippen LogP contribution in [0, 0.1) is 12.7 Å². The average molecular weight is 576 g/mol. The van der Waals surface area contributed by atoms with Gasteiger partial charge in [0.05, 0.1) is 12.6 Å². The van der Waals surface area contributed by atoms with Gasteiger partial charge in [-0.05, 0) is 69.6 Å². The van der Waals surface area contributed by atoms with Gasteiger partial charge in [0.25, 0.3) is 0 Å². The van der Waals surface area contributed by atoms with Crippen LogP contribution in [0.15, 0.2) is 66.9 Å². The number of rotatable bonds is 12. The Kier molecular flexibility index (Phi) is 10.6. The van der Waals surface area contributed by atoms with Gasteiger partial charge in [0, 0.05) is 58.9 Å². The highest BCUT2D eigenvalue weighted by Gasteiger charge is 2.26. The van der Waals surface area contributed by atoms with Gasteiger partial charge >= 0.3 is 0 Å². The van der Waals surface area contributed by atoms with Crippen LogP contribution in [0.25, 0.3) is 0 Å². The van der Waals surface area contributed by atoms with Gasteiger partial charge in [-0.2, -0.15) is 0 Å². The van der Waals surface area contributed by atoms with Crippen molar-refractivity contribution in [3.8, 4) is 5.88 Å². The van der Waals surface area contributed by atoms with Crippen LogP contribution in [0.5, 0.6) is 5.88 Å². The summed E-state index contributed by atoms with van der Waals surface area (Å²) in [5.41, 5.74) is 4.28. The molecule has 0 aliphatic carbocycles. The van der Waals surface area contributed by atoms with Crippen molar-refractivity contribution in [3.63, 3.8) is 0 Å². The number of pyridine rings is 1. The van der Waals surface area contributed by atoms with Gasteiger partial charge in [0.2, 0.25) is 5.88 Å². The van der Waals surface area contributed by atoms with Gasteiger partial charge in [-0.3, -0.25) is 4.90 Å². The van der Waals surface area contributed by atoms with Crippen LogP contribution in [0.3, 0.4) is 0 Å². The number of nitrogens with zero attached hydrogens (tertiary/aromatic N) is 3. The van der Waals surface area contributed by atoms with Gasteiger partial charge in [-0.25, -0.2) is 9.37 Å². The molecule has 1 saturated heterocycles. The smallest absolute Gasteiger partial charge is 0.213 e. The Morgan fingerprint density at radius 2 is 1.98 bits per heavy atom. The Hall–Kier alpha value is -3.20. The fraction of sp³-hybridized carbons (Fsp3) is 0.375. The molecular formula is C32H36BClFN3O3. The number of carbonyl (C=O) groups excluding carboxylic acids is 1. The van der Waals surface area contributed by atoms with Crippen molar-refractivity contribution < 1.29 is 18.7 Å². The first kappa shape index (κ1) is 30.8. The molecule has 2 radical (unpaired) electrons. The molecule has 0 bridgehead atoms. The minimum absolute atomic E-state index is 0.0140.